The Morgan fingerprint density at radius 3 is 2.54 bits per heavy atom. The molecule has 1 aliphatic carbocycles. The first-order valence-corrected chi connectivity index (χ1v) is 9.39. The number of benzene rings is 1. The summed E-state index contributed by atoms with van der Waals surface area (Å²) in [6.45, 7) is 5.83. The highest BCUT2D eigenvalue weighted by molar-refractivity contribution is 7.98. The van der Waals surface area contributed by atoms with Crippen LogP contribution in [-0.4, -0.2) is 21.5 Å². The van der Waals surface area contributed by atoms with E-state index < -0.39 is 0 Å². The predicted molar refractivity (Wildman–Crippen MR) is 107 cm³/mol. The number of aromatic nitrogens is 1. The molecule has 0 radical (unpaired) electrons. The zero-order chi connectivity index (χ0) is 19.1. The summed E-state index contributed by atoms with van der Waals surface area (Å²) in [5, 5.41) is 3.08. The molecule has 7 heteroatoms. The van der Waals surface area contributed by atoms with Crippen molar-refractivity contribution < 1.29 is 4.39 Å². The molecule has 1 aromatic carbocycles. The Bertz CT molecular complexity index is 892. The van der Waals surface area contributed by atoms with Gasteiger partial charge in [0.2, 0.25) is 0 Å². The summed E-state index contributed by atoms with van der Waals surface area (Å²) in [4.78, 5) is 12.4. The van der Waals surface area contributed by atoms with E-state index in [1.165, 1.54) is 35.6 Å². The summed E-state index contributed by atoms with van der Waals surface area (Å²) in [5.74, 6) is 0.185. The lowest BCUT2D eigenvalue weighted by Gasteiger charge is -2.24. The van der Waals surface area contributed by atoms with Gasteiger partial charge in [0, 0.05) is 30.3 Å². The van der Waals surface area contributed by atoms with E-state index in [1.54, 1.807) is 26.1 Å². The normalized spacial score (nSPS) is 15.2. The fourth-order valence-corrected chi connectivity index (χ4v) is 3.49. The second kappa shape index (κ2) is 6.96. The molecule has 140 valence electrons. The Kier molecular flexibility index (Phi) is 5.03. The molecule has 0 aliphatic heterocycles. The lowest BCUT2D eigenvalue weighted by Crippen LogP contribution is -2.26. The molecule has 5 nitrogen and oxygen atoms in total. The molecule has 1 fully saturated rings. The standard InChI is InChI=1S/C19H25FN4OS/c1-12-6-7-15(14(20)10-12)21-17-16(11-13(2)18(25)23(17)4)22-26-24(5)19(3)8-9-19/h6-7,10-11,21-22H,8-9H2,1-5H3. The number of aryl methyl sites for hydroxylation is 2. The average Bonchev–Trinajstić information content (AvgIpc) is 3.34. The SMILES string of the molecule is Cc1ccc(Nc2c(NSN(C)C3(C)CC3)cc(C)c(=O)n2C)c(F)c1. The van der Waals surface area contributed by atoms with Crippen molar-refractivity contribution in [2.45, 2.75) is 39.2 Å². The van der Waals surface area contributed by atoms with E-state index in [9.17, 15) is 9.18 Å². The second-order valence-corrected chi connectivity index (χ2v) is 8.18. The van der Waals surface area contributed by atoms with Crippen LogP contribution in [0.15, 0.2) is 29.1 Å². The van der Waals surface area contributed by atoms with Gasteiger partial charge in [-0.2, -0.15) is 0 Å². The summed E-state index contributed by atoms with van der Waals surface area (Å²) in [6.07, 6.45) is 2.34. The van der Waals surface area contributed by atoms with Gasteiger partial charge in [0.1, 0.15) is 11.6 Å². The Morgan fingerprint density at radius 2 is 1.92 bits per heavy atom. The van der Waals surface area contributed by atoms with Crippen molar-refractivity contribution >= 4 is 29.3 Å². The number of anilines is 3. The van der Waals surface area contributed by atoms with Crippen LogP contribution in [0.1, 0.15) is 30.9 Å². The second-order valence-electron chi connectivity index (χ2n) is 7.25. The van der Waals surface area contributed by atoms with Gasteiger partial charge in [0.15, 0.2) is 0 Å². The molecule has 1 aliphatic rings. The molecule has 0 amide bonds. The monoisotopic (exact) mass is 376 g/mol. The number of pyridine rings is 1. The maximum absolute atomic E-state index is 14.3. The average molecular weight is 377 g/mol. The van der Waals surface area contributed by atoms with Crippen molar-refractivity contribution in [1.82, 2.24) is 8.87 Å². The number of halogens is 1. The molecule has 3 rings (SSSR count). The summed E-state index contributed by atoms with van der Waals surface area (Å²) in [7, 11) is 3.73. The first-order chi connectivity index (χ1) is 12.2. The van der Waals surface area contributed by atoms with Crippen LogP contribution in [0.5, 0.6) is 0 Å². The first kappa shape index (κ1) is 18.8. The van der Waals surface area contributed by atoms with Gasteiger partial charge in [-0.05, 0) is 64.4 Å². The third kappa shape index (κ3) is 3.73. The summed E-state index contributed by atoms with van der Waals surface area (Å²) in [6, 6.07) is 6.79. The molecular formula is C19H25FN4OS. The Morgan fingerprint density at radius 1 is 1.23 bits per heavy atom. The zero-order valence-electron chi connectivity index (χ0n) is 15.8. The van der Waals surface area contributed by atoms with E-state index in [1.807, 2.05) is 20.0 Å². The molecule has 1 heterocycles. The van der Waals surface area contributed by atoms with E-state index >= 15 is 0 Å². The van der Waals surface area contributed by atoms with Gasteiger partial charge in [-0.3, -0.25) is 9.36 Å². The maximum atomic E-state index is 14.3. The van der Waals surface area contributed by atoms with E-state index in [0.29, 0.717) is 17.1 Å². The third-order valence-corrected chi connectivity index (χ3v) is 6.02. The molecule has 0 spiro atoms. The van der Waals surface area contributed by atoms with Crippen LogP contribution < -0.4 is 15.6 Å². The summed E-state index contributed by atoms with van der Waals surface area (Å²) >= 11 is 1.49. The summed E-state index contributed by atoms with van der Waals surface area (Å²) < 4.78 is 21.3. The van der Waals surface area contributed by atoms with Crippen molar-refractivity contribution in [2.75, 3.05) is 17.1 Å². The van der Waals surface area contributed by atoms with Crippen molar-refractivity contribution in [3.63, 3.8) is 0 Å². The van der Waals surface area contributed by atoms with E-state index in [0.717, 1.165) is 11.3 Å². The van der Waals surface area contributed by atoms with Crippen LogP contribution >= 0.6 is 12.1 Å². The molecule has 2 N–H and O–H groups in total. The number of nitrogens with zero attached hydrogens (tertiary/aromatic N) is 2. The smallest absolute Gasteiger partial charge is 0.254 e. The van der Waals surface area contributed by atoms with Gasteiger partial charge in [0.05, 0.1) is 11.4 Å². The molecule has 0 saturated heterocycles. The molecule has 1 aromatic heterocycles. The van der Waals surface area contributed by atoms with E-state index in [-0.39, 0.29) is 16.9 Å². The van der Waals surface area contributed by atoms with Gasteiger partial charge in [-0.25, -0.2) is 8.70 Å². The van der Waals surface area contributed by atoms with Crippen LogP contribution in [0.4, 0.5) is 21.6 Å². The topological polar surface area (TPSA) is 49.3 Å². The summed E-state index contributed by atoms with van der Waals surface area (Å²) in [5.41, 5.74) is 2.66. The highest BCUT2D eigenvalue weighted by atomic mass is 32.2. The van der Waals surface area contributed by atoms with Gasteiger partial charge >= 0.3 is 0 Å². The van der Waals surface area contributed by atoms with Crippen molar-refractivity contribution in [2.24, 2.45) is 7.05 Å². The maximum Gasteiger partial charge on any atom is 0.254 e. The molecule has 1 saturated carbocycles. The zero-order valence-corrected chi connectivity index (χ0v) is 16.6. The molecular weight excluding hydrogens is 351 g/mol. The largest absolute Gasteiger partial charge is 0.337 e. The van der Waals surface area contributed by atoms with Crippen molar-refractivity contribution in [1.29, 1.82) is 0 Å². The van der Waals surface area contributed by atoms with Crippen LogP contribution in [0, 0.1) is 19.7 Å². The van der Waals surface area contributed by atoms with Gasteiger partial charge in [-0.15, -0.1) is 0 Å². The van der Waals surface area contributed by atoms with E-state index in [2.05, 4.69) is 21.3 Å². The molecule has 0 unspecified atom stereocenters. The minimum Gasteiger partial charge on any atom is -0.337 e. The van der Waals surface area contributed by atoms with Crippen molar-refractivity contribution in [3.05, 3.63) is 51.6 Å². The van der Waals surface area contributed by atoms with Gasteiger partial charge in [0.25, 0.3) is 5.56 Å². The number of rotatable bonds is 6. The Hall–Kier alpha value is -1.99. The number of nitrogens with one attached hydrogen (secondary N) is 2. The number of hydrogen-bond donors (Lipinski definition) is 2. The Balaban J connectivity index is 1.91. The lowest BCUT2D eigenvalue weighted by molar-refractivity contribution is 0.419. The van der Waals surface area contributed by atoms with Gasteiger partial charge < -0.3 is 10.0 Å². The molecule has 0 bridgehead atoms. The lowest BCUT2D eigenvalue weighted by atomic mass is 10.2. The number of hydrogen-bond acceptors (Lipinski definition) is 5. The quantitative estimate of drug-likeness (QED) is 0.735. The van der Waals surface area contributed by atoms with Crippen LogP contribution in [0.3, 0.4) is 0 Å². The third-order valence-electron chi connectivity index (χ3n) is 5.00. The molecule has 2 aromatic rings. The fourth-order valence-electron chi connectivity index (χ4n) is 2.70. The van der Waals surface area contributed by atoms with Crippen molar-refractivity contribution in [3.8, 4) is 0 Å². The van der Waals surface area contributed by atoms with Gasteiger partial charge in [-0.1, -0.05) is 6.07 Å². The minimum absolute atomic E-state index is 0.113. The predicted octanol–water partition coefficient (Wildman–Crippen LogP) is 4.34. The van der Waals surface area contributed by atoms with Crippen LogP contribution in [0.2, 0.25) is 0 Å². The fraction of sp³-hybridized carbons (Fsp3) is 0.421. The van der Waals surface area contributed by atoms with Crippen LogP contribution in [-0.2, 0) is 7.05 Å². The first-order valence-electron chi connectivity index (χ1n) is 8.62. The highest BCUT2D eigenvalue weighted by Gasteiger charge is 2.42. The Labute approximate surface area is 157 Å². The molecule has 0 atom stereocenters. The van der Waals surface area contributed by atoms with E-state index in [4.69, 9.17) is 0 Å². The molecule has 26 heavy (non-hydrogen) atoms. The minimum atomic E-state index is -0.348. The highest BCUT2D eigenvalue weighted by Crippen LogP contribution is 2.43. The van der Waals surface area contributed by atoms with Crippen LogP contribution in [0.25, 0.3) is 0 Å².